The van der Waals surface area contributed by atoms with Crippen molar-refractivity contribution in [2.75, 3.05) is 5.75 Å². The monoisotopic (exact) mass is 236 g/mol. The third kappa shape index (κ3) is 4.08. The quantitative estimate of drug-likeness (QED) is 0.286. The van der Waals surface area contributed by atoms with Crippen molar-refractivity contribution in [2.45, 2.75) is 0 Å². The molecule has 0 unspecified atom stereocenters. The number of rotatable bonds is 3. The minimum atomic E-state index is -4.40. The van der Waals surface area contributed by atoms with Gasteiger partial charge in [-0.25, -0.2) is 0 Å². The fourth-order valence-corrected chi connectivity index (χ4v) is 1.32. The minimum absolute atomic E-state index is 0.0112. The van der Waals surface area contributed by atoms with Crippen molar-refractivity contribution < 1.29 is 22.5 Å². The highest BCUT2D eigenvalue weighted by Crippen LogP contribution is 2.04. The van der Waals surface area contributed by atoms with Gasteiger partial charge in [-0.2, -0.15) is 8.42 Å². The average molecular weight is 236 g/mol. The summed E-state index contributed by atoms with van der Waals surface area (Å²) in [5.41, 5.74) is 0.482. The smallest absolute Gasteiger partial charge is 0.329 e. The Morgan fingerprint density at radius 1 is 1.38 bits per heavy atom. The van der Waals surface area contributed by atoms with E-state index in [0.717, 1.165) is 0 Å². The Labute approximate surface area is 95.4 Å². The van der Waals surface area contributed by atoms with Gasteiger partial charge in [-0.1, -0.05) is 23.1 Å². The maximum atomic E-state index is 11.0. The van der Waals surface area contributed by atoms with Crippen LogP contribution < -0.4 is 15.7 Å². The van der Waals surface area contributed by atoms with Crippen LogP contribution in [0, 0.1) is 0 Å². The van der Waals surface area contributed by atoms with Gasteiger partial charge in [0.1, 0.15) is 21.4 Å². The molecule has 0 amide bonds. The molecule has 1 N–H and O–H groups in total. The highest BCUT2D eigenvalue weighted by Gasteiger charge is 2.15. The molecule has 0 aliphatic heterocycles. The third-order valence-corrected chi connectivity index (χ3v) is 2.16. The lowest BCUT2D eigenvalue weighted by Crippen LogP contribution is -2.24. The zero-order valence-corrected chi connectivity index (χ0v) is 8.90. The van der Waals surface area contributed by atoms with Crippen molar-refractivity contribution in [2.24, 2.45) is 0 Å². The molecule has 16 heavy (non-hydrogen) atoms. The van der Waals surface area contributed by atoms with Gasteiger partial charge >= 0.3 is 5.97 Å². The second-order valence-electron chi connectivity index (χ2n) is 3.00. The van der Waals surface area contributed by atoms with E-state index in [4.69, 9.17) is 20.2 Å². The number of carbonyl (C=O) groups excluding carboxylic acids is 1. The summed E-state index contributed by atoms with van der Waals surface area (Å²) in [5, 5.41) is 0. The molecule has 0 aliphatic carbocycles. The van der Waals surface area contributed by atoms with Crippen LogP contribution in [-0.4, -0.2) is 40.4 Å². The molecule has 0 saturated carbocycles. The number of hydrogen-bond donors (Lipinski definition) is 1. The van der Waals surface area contributed by atoms with Crippen molar-refractivity contribution in [3.63, 3.8) is 0 Å². The van der Waals surface area contributed by atoms with Crippen LogP contribution >= 0.6 is 0 Å². The van der Waals surface area contributed by atoms with Gasteiger partial charge in [0, 0.05) is 0 Å². The zero-order chi connectivity index (χ0) is 12.3. The summed E-state index contributed by atoms with van der Waals surface area (Å²) in [6.45, 7) is 0. The third-order valence-electron chi connectivity index (χ3n) is 1.56. The first kappa shape index (κ1) is 12.8. The first-order valence-electron chi connectivity index (χ1n) is 4.09. The molecule has 0 heterocycles. The summed E-state index contributed by atoms with van der Waals surface area (Å²) in [7, 11) is 6.46. The molecule has 0 fully saturated rings. The molecule has 0 spiro atoms. The van der Waals surface area contributed by atoms with Crippen LogP contribution in [0.25, 0.3) is 0 Å². The Morgan fingerprint density at radius 3 is 2.50 bits per heavy atom. The molecular weight excluding hydrogens is 230 g/mol. The summed E-state index contributed by atoms with van der Waals surface area (Å²) in [6, 6.07) is 4.12. The Morgan fingerprint density at radius 2 is 2.00 bits per heavy atom. The van der Waals surface area contributed by atoms with Gasteiger partial charge in [0.05, 0.1) is 0 Å². The summed E-state index contributed by atoms with van der Waals surface area (Å²) >= 11 is 0. The van der Waals surface area contributed by atoms with Gasteiger partial charge in [-0.3, -0.25) is 9.35 Å². The van der Waals surface area contributed by atoms with Crippen molar-refractivity contribution in [3.8, 4) is 5.75 Å². The molecule has 80 valence electrons. The van der Waals surface area contributed by atoms with Crippen LogP contribution in [0.3, 0.4) is 0 Å². The van der Waals surface area contributed by atoms with Crippen LogP contribution in [0.15, 0.2) is 18.2 Å². The summed E-state index contributed by atoms with van der Waals surface area (Å²) in [5.74, 6) is -2.27. The number of benzene rings is 1. The molecule has 5 nitrogen and oxygen atoms in total. The maximum absolute atomic E-state index is 11.0. The van der Waals surface area contributed by atoms with Gasteiger partial charge in [-0.05, 0) is 6.07 Å². The summed E-state index contributed by atoms with van der Waals surface area (Å²) in [6.07, 6.45) is 0. The van der Waals surface area contributed by atoms with Crippen LogP contribution in [0.2, 0.25) is 0 Å². The van der Waals surface area contributed by atoms with Gasteiger partial charge in [0.2, 0.25) is 0 Å². The molecule has 0 aromatic heterocycles. The van der Waals surface area contributed by atoms with Crippen LogP contribution in [-0.2, 0) is 14.9 Å². The van der Waals surface area contributed by atoms with E-state index < -0.39 is 21.8 Å². The molecule has 4 radical (unpaired) electrons. The van der Waals surface area contributed by atoms with E-state index in [2.05, 4.69) is 4.74 Å². The fraction of sp³-hybridized carbons (Fsp3) is 0.125. The van der Waals surface area contributed by atoms with Crippen LogP contribution in [0.4, 0.5) is 0 Å². The van der Waals surface area contributed by atoms with Crippen molar-refractivity contribution in [1.82, 2.24) is 0 Å². The van der Waals surface area contributed by atoms with Gasteiger partial charge in [0.15, 0.2) is 5.75 Å². The molecular formula is C8H6B2O5S. The van der Waals surface area contributed by atoms with E-state index in [0.29, 0.717) is 5.46 Å². The van der Waals surface area contributed by atoms with E-state index in [1.54, 1.807) is 0 Å². The van der Waals surface area contributed by atoms with Gasteiger partial charge < -0.3 is 4.74 Å². The predicted octanol–water partition coefficient (Wildman–Crippen LogP) is -1.93. The molecule has 1 rings (SSSR count). The van der Waals surface area contributed by atoms with E-state index in [9.17, 15) is 13.2 Å². The summed E-state index contributed by atoms with van der Waals surface area (Å²) in [4.78, 5) is 11.0. The topological polar surface area (TPSA) is 80.7 Å². The van der Waals surface area contributed by atoms with Crippen LogP contribution in [0.5, 0.6) is 5.75 Å². The fourth-order valence-electron chi connectivity index (χ4n) is 0.961. The average Bonchev–Trinajstić information content (AvgIpc) is 2.06. The first-order chi connectivity index (χ1) is 7.28. The van der Waals surface area contributed by atoms with Crippen LogP contribution in [0.1, 0.15) is 0 Å². The lowest BCUT2D eigenvalue weighted by Gasteiger charge is -2.07. The number of ether oxygens (including phenoxy) is 1. The normalized spacial score (nSPS) is 11.1. The Kier molecular flexibility index (Phi) is 3.77. The van der Waals surface area contributed by atoms with Crippen molar-refractivity contribution in [1.29, 1.82) is 0 Å². The van der Waals surface area contributed by atoms with E-state index in [1.165, 1.54) is 18.2 Å². The van der Waals surface area contributed by atoms with E-state index >= 15 is 0 Å². The molecule has 8 heteroatoms. The van der Waals surface area contributed by atoms with Crippen molar-refractivity contribution >= 4 is 42.7 Å². The Balaban J connectivity index is 2.78. The molecule has 1 aromatic carbocycles. The lowest BCUT2D eigenvalue weighted by molar-refractivity contribution is -0.131. The number of hydrogen-bond acceptors (Lipinski definition) is 4. The van der Waals surface area contributed by atoms with Gasteiger partial charge in [0.25, 0.3) is 10.1 Å². The molecule has 0 atom stereocenters. The standard InChI is InChI=1S/C8H6B2O5S/c9-5-1-2-7(6(10)3-5)15-8(11)4-16(12,13)14/h1-3H,4H2,(H,12,13,14). The molecule has 0 bridgehead atoms. The molecule has 1 aromatic rings. The van der Waals surface area contributed by atoms with Crippen molar-refractivity contribution in [3.05, 3.63) is 18.2 Å². The second-order valence-corrected chi connectivity index (χ2v) is 4.45. The number of carbonyl (C=O) groups is 1. The Hall–Kier alpha value is -1.27. The molecule has 0 aliphatic rings. The van der Waals surface area contributed by atoms with Gasteiger partial charge in [-0.15, -0.1) is 0 Å². The first-order valence-corrected chi connectivity index (χ1v) is 5.70. The second kappa shape index (κ2) is 4.71. The van der Waals surface area contributed by atoms with E-state index in [-0.39, 0.29) is 11.2 Å². The highest BCUT2D eigenvalue weighted by atomic mass is 32.2. The summed E-state index contributed by atoms with van der Waals surface area (Å²) < 4.78 is 33.8. The zero-order valence-electron chi connectivity index (χ0n) is 8.08. The van der Waals surface area contributed by atoms with E-state index in [1.807, 2.05) is 0 Å². The Bertz CT molecular complexity index is 511. The maximum Gasteiger partial charge on any atom is 0.329 e. The number of esters is 1. The minimum Gasteiger partial charge on any atom is -0.426 e. The lowest BCUT2D eigenvalue weighted by atomic mass is 9.87. The molecule has 0 saturated heterocycles. The highest BCUT2D eigenvalue weighted by molar-refractivity contribution is 7.86. The largest absolute Gasteiger partial charge is 0.426 e. The predicted molar refractivity (Wildman–Crippen MR) is 59.3 cm³/mol. The SMILES string of the molecule is [B]c1ccc(OC(=O)CS(=O)(=O)O)c([B])c1.